The lowest BCUT2D eigenvalue weighted by atomic mass is 10.1. The lowest BCUT2D eigenvalue weighted by Crippen LogP contribution is -2.39. The Morgan fingerprint density at radius 3 is 2.72 bits per heavy atom. The van der Waals surface area contributed by atoms with Gasteiger partial charge in [0.2, 0.25) is 5.91 Å². The van der Waals surface area contributed by atoms with E-state index in [4.69, 9.17) is 0 Å². The van der Waals surface area contributed by atoms with E-state index in [0.29, 0.717) is 12.5 Å². The van der Waals surface area contributed by atoms with E-state index in [0.717, 1.165) is 25.6 Å². The van der Waals surface area contributed by atoms with Crippen LogP contribution in [0.25, 0.3) is 0 Å². The Morgan fingerprint density at radius 1 is 1.33 bits per heavy atom. The molecule has 1 saturated carbocycles. The third-order valence-corrected chi connectivity index (χ3v) is 3.83. The number of amides is 1. The molecular formula is C14H27N3O. The minimum Gasteiger partial charge on any atom is -0.355 e. The van der Waals surface area contributed by atoms with Gasteiger partial charge < -0.3 is 15.5 Å². The van der Waals surface area contributed by atoms with Gasteiger partial charge in [0.25, 0.3) is 0 Å². The SMILES string of the molecule is CC(CNC(=O)CNCC1CC1)CN1CCCC1. The van der Waals surface area contributed by atoms with E-state index in [2.05, 4.69) is 22.5 Å². The smallest absolute Gasteiger partial charge is 0.233 e. The summed E-state index contributed by atoms with van der Waals surface area (Å²) in [5.74, 6) is 1.53. The van der Waals surface area contributed by atoms with Crippen molar-refractivity contribution in [1.29, 1.82) is 0 Å². The van der Waals surface area contributed by atoms with Gasteiger partial charge in [0.15, 0.2) is 0 Å². The average Bonchev–Trinajstić information content (AvgIpc) is 3.03. The van der Waals surface area contributed by atoms with Crippen molar-refractivity contribution in [1.82, 2.24) is 15.5 Å². The summed E-state index contributed by atoms with van der Waals surface area (Å²) in [6.45, 7) is 8.11. The van der Waals surface area contributed by atoms with Crippen molar-refractivity contribution in [2.75, 3.05) is 39.3 Å². The van der Waals surface area contributed by atoms with Gasteiger partial charge in [-0.15, -0.1) is 0 Å². The van der Waals surface area contributed by atoms with E-state index < -0.39 is 0 Å². The van der Waals surface area contributed by atoms with Crippen LogP contribution < -0.4 is 10.6 Å². The van der Waals surface area contributed by atoms with Crippen molar-refractivity contribution in [3.8, 4) is 0 Å². The molecule has 2 N–H and O–H groups in total. The number of hydrogen-bond acceptors (Lipinski definition) is 3. The molecule has 1 saturated heterocycles. The minimum atomic E-state index is 0.143. The van der Waals surface area contributed by atoms with E-state index in [-0.39, 0.29) is 5.91 Å². The van der Waals surface area contributed by atoms with Gasteiger partial charge in [-0.3, -0.25) is 4.79 Å². The first kappa shape index (κ1) is 13.8. The standard InChI is InChI=1S/C14H27N3O/c1-12(11-17-6-2-3-7-17)8-16-14(18)10-15-9-13-4-5-13/h12-13,15H,2-11H2,1H3,(H,16,18). The van der Waals surface area contributed by atoms with Gasteiger partial charge in [-0.25, -0.2) is 0 Å². The zero-order valence-corrected chi connectivity index (χ0v) is 11.6. The molecular weight excluding hydrogens is 226 g/mol. The molecule has 2 rings (SSSR count). The molecule has 4 nitrogen and oxygen atoms in total. The fourth-order valence-electron chi connectivity index (χ4n) is 2.53. The van der Waals surface area contributed by atoms with Crippen LogP contribution in [0.3, 0.4) is 0 Å². The van der Waals surface area contributed by atoms with Crippen molar-refractivity contribution < 1.29 is 4.79 Å². The Morgan fingerprint density at radius 2 is 2.06 bits per heavy atom. The molecule has 1 amide bonds. The molecule has 0 aromatic rings. The van der Waals surface area contributed by atoms with Gasteiger partial charge in [-0.2, -0.15) is 0 Å². The van der Waals surface area contributed by atoms with Crippen LogP contribution in [0.5, 0.6) is 0 Å². The number of nitrogens with zero attached hydrogens (tertiary/aromatic N) is 1. The third kappa shape index (κ3) is 5.36. The molecule has 0 aromatic carbocycles. The molecule has 1 aliphatic heterocycles. The molecule has 1 heterocycles. The Balaban J connectivity index is 1.48. The maximum absolute atomic E-state index is 11.6. The molecule has 0 spiro atoms. The fraction of sp³-hybridized carbons (Fsp3) is 0.929. The van der Waals surface area contributed by atoms with Crippen molar-refractivity contribution in [2.45, 2.75) is 32.6 Å². The topological polar surface area (TPSA) is 44.4 Å². The summed E-state index contributed by atoms with van der Waals surface area (Å²) in [5.41, 5.74) is 0. The van der Waals surface area contributed by atoms with Crippen LogP contribution in [0.15, 0.2) is 0 Å². The van der Waals surface area contributed by atoms with Crippen molar-refractivity contribution in [3.63, 3.8) is 0 Å². The van der Waals surface area contributed by atoms with Gasteiger partial charge in [0, 0.05) is 13.1 Å². The van der Waals surface area contributed by atoms with Gasteiger partial charge >= 0.3 is 0 Å². The molecule has 0 bridgehead atoms. The predicted molar refractivity (Wildman–Crippen MR) is 73.4 cm³/mol. The van der Waals surface area contributed by atoms with Crippen LogP contribution in [0.4, 0.5) is 0 Å². The molecule has 2 aliphatic rings. The molecule has 18 heavy (non-hydrogen) atoms. The van der Waals surface area contributed by atoms with Crippen molar-refractivity contribution >= 4 is 5.91 Å². The van der Waals surface area contributed by atoms with Crippen LogP contribution in [-0.2, 0) is 4.79 Å². The van der Waals surface area contributed by atoms with Crippen LogP contribution in [0, 0.1) is 11.8 Å². The summed E-state index contributed by atoms with van der Waals surface area (Å²) >= 11 is 0. The molecule has 0 aromatic heterocycles. The number of carbonyl (C=O) groups excluding carboxylic acids is 1. The Kier molecular flexibility index (Phi) is 5.45. The van der Waals surface area contributed by atoms with E-state index in [1.807, 2.05) is 0 Å². The van der Waals surface area contributed by atoms with Crippen molar-refractivity contribution in [2.24, 2.45) is 11.8 Å². The van der Waals surface area contributed by atoms with Crippen molar-refractivity contribution in [3.05, 3.63) is 0 Å². The number of likely N-dealkylation sites (tertiary alicyclic amines) is 1. The zero-order chi connectivity index (χ0) is 12.8. The molecule has 4 heteroatoms. The number of carbonyl (C=O) groups is 1. The molecule has 1 unspecified atom stereocenters. The highest BCUT2D eigenvalue weighted by molar-refractivity contribution is 5.77. The summed E-state index contributed by atoms with van der Waals surface area (Å²) in [4.78, 5) is 14.1. The highest BCUT2D eigenvalue weighted by atomic mass is 16.1. The van der Waals surface area contributed by atoms with E-state index >= 15 is 0 Å². The lowest BCUT2D eigenvalue weighted by molar-refractivity contribution is -0.120. The molecule has 1 atom stereocenters. The largest absolute Gasteiger partial charge is 0.355 e. The quantitative estimate of drug-likeness (QED) is 0.673. The first-order chi connectivity index (χ1) is 8.74. The van der Waals surface area contributed by atoms with Crippen LogP contribution in [0.1, 0.15) is 32.6 Å². The van der Waals surface area contributed by atoms with E-state index in [1.54, 1.807) is 0 Å². The second-order valence-electron chi connectivity index (χ2n) is 5.99. The summed E-state index contributed by atoms with van der Waals surface area (Å²) in [7, 11) is 0. The average molecular weight is 253 g/mol. The Labute approximate surface area is 110 Å². The highest BCUT2D eigenvalue weighted by Crippen LogP contribution is 2.27. The third-order valence-electron chi connectivity index (χ3n) is 3.83. The summed E-state index contributed by atoms with van der Waals surface area (Å²) in [6, 6.07) is 0. The zero-order valence-electron chi connectivity index (χ0n) is 11.6. The van der Waals surface area contributed by atoms with Gasteiger partial charge in [-0.1, -0.05) is 6.92 Å². The maximum Gasteiger partial charge on any atom is 0.233 e. The Bertz CT molecular complexity index is 260. The minimum absolute atomic E-state index is 0.143. The van der Waals surface area contributed by atoms with Gasteiger partial charge in [-0.05, 0) is 57.2 Å². The number of nitrogens with one attached hydrogen (secondary N) is 2. The number of rotatable bonds is 8. The second kappa shape index (κ2) is 7.10. The van der Waals surface area contributed by atoms with Gasteiger partial charge in [0.1, 0.15) is 0 Å². The maximum atomic E-state index is 11.6. The predicted octanol–water partition coefficient (Wildman–Crippen LogP) is 0.834. The molecule has 2 fully saturated rings. The van der Waals surface area contributed by atoms with Crippen LogP contribution in [-0.4, -0.2) is 50.1 Å². The molecule has 0 radical (unpaired) electrons. The van der Waals surface area contributed by atoms with E-state index in [9.17, 15) is 4.79 Å². The molecule has 104 valence electrons. The first-order valence-corrected chi connectivity index (χ1v) is 7.44. The second-order valence-corrected chi connectivity index (χ2v) is 5.99. The normalized spacial score (nSPS) is 22.1. The van der Waals surface area contributed by atoms with Gasteiger partial charge in [0.05, 0.1) is 6.54 Å². The lowest BCUT2D eigenvalue weighted by Gasteiger charge is -2.20. The molecule has 1 aliphatic carbocycles. The highest BCUT2D eigenvalue weighted by Gasteiger charge is 2.20. The van der Waals surface area contributed by atoms with E-state index in [1.165, 1.54) is 38.8 Å². The summed E-state index contributed by atoms with van der Waals surface area (Å²) in [6.07, 6.45) is 5.34. The monoisotopic (exact) mass is 253 g/mol. The fourth-order valence-corrected chi connectivity index (χ4v) is 2.53. The first-order valence-electron chi connectivity index (χ1n) is 7.44. The summed E-state index contributed by atoms with van der Waals surface area (Å²) in [5, 5.41) is 6.24. The Hall–Kier alpha value is -0.610. The number of hydrogen-bond donors (Lipinski definition) is 2. The summed E-state index contributed by atoms with van der Waals surface area (Å²) < 4.78 is 0. The van der Waals surface area contributed by atoms with Crippen LogP contribution in [0.2, 0.25) is 0 Å². The van der Waals surface area contributed by atoms with Crippen LogP contribution >= 0.6 is 0 Å².